The zero-order valence-electron chi connectivity index (χ0n) is 13.2. The van der Waals surface area contributed by atoms with E-state index in [0.29, 0.717) is 41.0 Å². The topological polar surface area (TPSA) is 66.0 Å². The Morgan fingerprint density at radius 3 is 2.78 bits per heavy atom. The van der Waals surface area contributed by atoms with Crippen LogP contribution in [0.4, 0.5) is 0 Å². The average molecular weight is 333 g/mol. The summed E-state index contributed by atoms with van der Waals surface area (Å²) in [5.41, 5.74) is 2.82. The van der Waals surface area contributed by atoms with Gasteiger partial charge in [0.2, 0.25) is 11.7 Å². The van der Waals surface area contributed by atoms with Crippen LogP contribution in [-0.2, 0) is 13.0 Å². The monoisotopic (exact) mass is 332 g/mol. The van der Waals surface area contributed by atoms with E-state index in [-0.39, 0.29) is 0 Å². The average Bonchev–Trinajstić information content (AvgIpc) is 3.11. The summed E-state index contributed by atoms with van der Waals surface area (Å²) in [7, 11) is 1.59. The molecule has 3 rings (SSSR count). The summed E-state index contributed by atoms with van der Waals surface area (Å²) in [5.74, 6) is 1.67. The summed E-state index contributed by atoms with van der Waals surface area (Å²) in [5, 5.41) is 9.03. The van der Waals surface area contributed by atoms with Gasteiger partial charge in [0, 0.05) is 23.7 Å². The summed E-state index contributed by atoms with van der Waals surface area (Å²) in [6, 6.07) is 7.34. The van der Waals surface area contributed by atoms with E-state index in [1.54, 1.807) is 25.3 Å². The number of hydrogen-bond acceptors (Lipinski definition) is 5. The quantitative estimate of drug-likeness (QED) is 0.716. The molecule has 0 aliphatic carbocycles. The van der Waals surface area contributed by atoms with Crippen LogP contribution in [-0.4, -0.2) is 27.0 Å². The van der Waals surface area contributed by atoms with Crippen molar-refractivity contribution in [3.05, 3.63) is 46.6 Å². The van der Waals surface area contributed by atoms with E-state index in [9.17, 15) is 0 Å². The molecular formula is C16H17ClN4O2. The predicted octanol–water partition coefficient (Wildman–Crippen LogP) is 3.45. The van der Waals surface area contributed by atoms with Crippen molar-refractivity contribution in [2.75, 3.05) is 7.11 Å². The minimum absolute atomic E-state index is 0.465. The fourth-order valence-electron chi connectivity index (χ4n) is 2.42. The van der Waals surface area contributed by atoms with Crippen LogP contribution in [0.1, 0.15) is 17.3 Å². The number of nitrogens with zero attached hydrogens (tertiary/aromatic N) is 4. The largest absolute Gasteiger partial charge is 0.496 e. The number of benzene rings is 1. The van der Waals surface area contributed by atoms with Gasteiger partial charge < -0.3 is 9.26 Å². The van der Waals surface area contributed by atoms with E-state index in [4.69, 9.17) is 20.9 Å². The molecule has 0 N–H and O–H groups in total. The molecule has 3 aromatic rings. The molecule has 0 saturated carbocycles. The van der Waals surface area contributed by atoms with Gasteiger partial charge in [-0.3, -0.25) is 4.68 Å². The number of rotatable bonds is 5. The minimum atomic E-state index is 0.465. The van der Waals surface area contributed by atoms with E-state index in [1.165, 1.54) is 0 Å². The van der Waals surface area contributed by atoms with Crippen molar-refractivity contribution in [1.82, 2.24) is 19.9 Å². The fraction of sp³-hybridized carbons (Fsp3) is 0.312. The van der Waals surface area contributed by atoms with Gasteiger partial charge in [-0.2, -0.15) is 10.1 Å². The lowest BCUT2D eigenvalue weighted by Crippen LogP contribution is -2.05. The maximum atomic E-state index is 6.04. The van der Waals surface area contributed by atoms with Gasteiger partial charge in [-0.05, 0) is 38.1 Å². The first kappa shape index (κ1) is 15.6. The Morgan fingerprint density at radius 1 is 1.26 bits per heavy atom. The van der Waals surface area contributed by atoms with Crippen molar-refractivity contribution in [2.45, 2.75) is 26.8 Å². The second kappa shape index (κ2) is 6.42. The van der Waals surface area contributed by atoms with Crippen molar-refractivity contribution in [3.8, 4) is 17.1 Å². The molecule has 2 aromatic heterocycles. The molecule has 0 aliphatic heterocycles. The number of aromatic nitrogens is 4. The first-order valence-corrected chi connectivity index (χ1v) is 7.62. The second-order valence-corrected chi connectivity index (χ2v) is 5.69. The van der Waals surface area contributed by atoms with E-state index >= 15 is 0 Å². The Kier molecular flexibility index (Phi) is 4.34. The van der Waals surface area contributed by atoms with Gasteiger partial charge in [-0.25, -0.2) is 0 Å². The van der Waals surface area contributed by atoms with Gasteiger partial charge >= 0.3 is 0 Å². The smallest absolute Gasteiger partial charge is 0.228 e. The zero-order chi connectivity index (χ0) is 16.4. The Labute approximate surface area is 139 Å². The van der Waals surface area contributed by atoms with Crippen LogP contribution in [0.3, 0.4) is 0 Å². The van der Waals surface area contributed by atoms with Crippen LogP contribution >= 0.6 is 11.6 Å². The van der Waals surface area contributed by atoms with Gasteiger partial charge in [0.05, 0.1) is 18.4 Å². The molecule has 0 radical (unpaired) electrons. The predicted molar refractivity (Wildman–Crippen MR) is 86.7 cm³/mol. The molecule has 120 valence electrons. The maximum Gasteiger partial charge on any atom is 0.228 e. The van der Waals surface area contributed by atoms with Crippen molar-refractivity contribution >= 4 is 11.6 Å². The van der Waals surface area contributed by atoms with Crippen molar-refractivity contribution in [2.24, 2.45) is 0 Å². The molecule has 0 amide bonds. The molecular weight excluding hydrogens is 316 g/mol. The van der Waals surface area contributed by atoms with Crippen LogP contribution in [0, 0.1) is 13.8 Å². The van der Waals surface area contributed by atoms with Gasteiger partial charge in [0.15, 0.2) is 0 Å². The van der Waals surface area contributed by atoms with Crippen LogP contribution in [0.25, 0.3) is 11.4 Å². The molecule has 0 saturated heterocycles. The van der Waals surface area contributed by atoms with E-state index in [2.05, 4.69) is 15.2 Å². The normalized spacial score (nSPS) is 11.0. The molecule has 0 unspecified atom stereocenters. The Morgan fingerprint density at radius 2 is 2.09 bits per heavy atom. The highest BCUT2D eigenvalue weighted by molar-refractivity contribution is 6.30. The molecule has 23 heavy (non-hydrogen) atoms. The lowest BCUT2D eigenvalue weighted by molar-refractivity contribution is 0.368. The lowest BCUT2D eigenvalue weighted by Gasteiger charge is -2.04. The van der Waals surface area contributed by atoms with Crippen LogP contribution in [0.2, 0.25) is 5.02 Å². The summed E-state index contributed by atoms with van der Waals surface area (Å²) in [6.07, 6.45) is 0.609. The number of halogens is 1. The van der Waals surface area contributed by atoms with E-state index < -0.39 is 0 Å². The summed E-state index contributed by atoms with van der Waals surface area (Å²) in [6.45, 7) is 4.68. The summed E-state index contributed by atoms with van der Waals surface area (Å²) in [4.78, 5) is 4.42. The lowest BCUT2D eigenvalue weighted by atomic mass is 10.2. The SMILES string of the molecule is COc1ccc(Cl)cc1-c1noc(CCn2nc(C)cc2C)n1. The molecule has 0 bridgehead atoms. The first-order chi connectivity index (χ1) is 11.1. The van der Waals surface area contributed by atoms with Crippen molar-refractivity contribution in [3.63, 3.8) is 0 Å². The Bertz CT molecular complexity index is 825. The molecule has 0 fully saturated rings. The van der Waals surface area contributed by atoms with Gasteiger partial charge in [-0.15, -0.1) is 0 Å². The molecule has 6 nitrogen and oxygen atoms in total. The number of aryl methyl sites for hydroxylation is 4. The van der Waals surface area contributed by atoms with Gasteiger partial charge in [0.25, 0.3) is 0 Å². The fourth-order valence-corrected chi connectivity index (χ4v) is 2.60. The second-order valence-electron chi connectivity index (χ2n) is 5.26. The molecule has 0 spiro atoms. The molecule has 7 heteroatoms. The van der Waals surface area contributed by atoms with Crippen LogP contribution in [0.15, 0.2) is 28.8 Å². The molecule has 1 aromatic carbocycles. The molecule has 0 aliphatic rings. The highest BCUT2D eigenvalue weighted by Gasteiger charge is 2.14. The maximum absolute atomic E-state index is 6.04. The third-order valence-corrected chi connectivity index (χ3v) is 3.75. The standard InChI is InChI=1S/C16H17ClN4O2/c1-10-8-11(2)21(19-10)7-6-15-18-16(20-23-15)13-9-12(17)4-5-14(13)22-3/h4-5,8-9H,6-7H2,1-3H3. The summed E-state index contributed by atoms with van der Waals surface area (Å²) < 4.78 is 12.6. The van der Waals surface area contributed by atoms with Crippen molar-refractivity contribution in [1.29, 1.82) is 0 Å². The molecule has 2 heterocycles. The minimum Gasteiger partial charge on any atom is -0.496 e. The van der Waals surface area contributed by atoms with Crippen molar-refractivity contribution < 1.29 is 9.26 Å². The van der Waals surface area contributed by atoms with E-state index in [1.807, 2.05) is 24.6 Å². The number of ether oxygens (including phenoxy) is 1. The zero-order valence-corrected chi connectivity index (χ0v) is 14.0. The Hall–Kier alpha value is -2.34. The van der Waals surface area contributed by atoms with Gasteiger partial charge in [-0.1, -0.05) is 16.8 Å². The molecule has 0 atom stereocenters. The highest BCUT2D eigenvalue weighted by atomic mass is 35.5. The Balaban J connectivity index is 1.78. The number of methoxy groups -OCH3 is 1. The first-order valence-electron chi connectivity index (χ1n) is 7.24. The third kappa shape index (κ3) is 3.37. The van der Waals surface area contributed by atoms with E-state index in [0.717, 1.165) is 11.4 Å². The van der Waals surface area contributed by atoms with Crippen LogP contribution in [0.5, 0.6) is 5.75 Å². The van der Waals surface area contributed by atoms with Gasteiger partial charge in [0.1, 0.15) is 5.75 Å². The highest BCUT2D eigenvalue weighted by Crippen LogP contribution is 2.30. The number of hydrogen-bond donors (Lipinski definition) is 0. The third-order valence-electron chi connectivity index (χ3n) is 3.51. The summed E-state index contributed by atoms with van der Waals surface area (Å²) >= 11 is 6.04. The van der Waals surface area contributed by atoms with Crippen LogP contribution < -0.4 is 4.74 Å².